The van der Waals surface area contributed by atoms with Gasteiger partial charge in [-0.05, 0) is 13.3 Å². The number of nitrogens with zero attached hydrogens (tertiary/aromatic N) is 3. The van der Waals surface area contributed by atoms with Crippen LogP contribution in [0.15, 0.2) is 0 Å². The molecule has 1 saturated heterocycles. The standard InChI is InChI=1S/C13H20ClN3O2S/c1-4-9(2)16-5-7-17(8-6-16)13-15-11(14)10(20-13)12(18)19-3/h9H,4-8H2,1-3H3. The molecule has 20 heavy (non-hydrogen) atoms. The summed E-state index contributed by atoms with van der Waals surface area (Å²) >= 11 is 7.30. The van der Waals surface area contributed by atoms with Gasteiger partial charge in [0.15, 0.2) is 15.2 Å². The van der Waals surface area contributed by atoms with Gasteiger partial charge in [-0.2, -0.15) is 0 Å². The fraction of sp³-hybridized carbons (Fsp3) is 0.692. The summed E-state index contributed by atoms with van der Waals surface area (Å²) in [5.41, 5.74) is 0. The molecular formula is C13H20ClN3O2S. The number of anilines is 1. The van der Waals surface area contributed by atoms with Crippen molar-refractivity contribution in [2.24, 2.45) is 0 Å². The van der Waals surface area contributed by atoms with Crippen molar-refractivity contribution in [3.05, 3.63) is 10.0 Å². The van der Waals surface area contributed by atoms with Gasteiger partial charge in [-0.1, -0.05) is 29.9 Å². The first-order chi connectivity index (χ1) is 9.56. The first-order valence-corrected chi connectivity index (χ1v) is 7.99. The van der Waals surface area contributed by atoms with Crippen LogP contribution in [0.2, 0.25) is 5.15 Å². The highest BCUT2D eigenvalue weighted by molar-refractivity contribution is 7.18. The first-order valence-electron chi connectivity index (χ1n) is 6.80. The van der Waals surface area contributed by atoms with E-state index in [0.29, 0.717) is 10.9 Å². The minimum Gasteiger partial charge on any atom is -0.465 e. The Labute approximate surface area is 128 Å². The zero-order valence-corrected chi connectivity index (χ0v) is 13.6. The summed E-state index contributed by atoms with van der Waals surface area (Å²) in [4.78, 5) is 20.9. The lowest BCUT2D eigenvalue weighted by Crippen LogP contribution is -2.49. The van der Waals surface area contributed by atoms with Crippen LogP contribution in [-0.4, -0.2) is 55.2 Å². The summed E-state index contributed by atoms with van der Waals surface area (Å²) in [5.74, 6) is -0.419. The molecule has 7 heteroatoms. The number of hydrogen-bond acceptors (Lipinski definition) is 6. The summed E-state index contributed by atoms with van der Waals surface area (Å²) in [5, 5.41) is 1.04. The van der Waals surface area contributed by atoms with Gasteiger partial charge >= 0.3 is 5.97 Å². The van der Waals surface area contributed by atoms with Gasteiger partial charge < -0.3 is 9.64 Å². The van der Waals surface area contributed by atoms with Crippen LogP contribution < -0.4 is 4.90 Å². The molecule has 1 aliphatic rings. The van der Waals surface area contributed by atoms with E-state index in [4.69, 9.17) is 16.3 Å². The van der Waals surface area contributed by atoms with Crippen molar-refractivity contribution in [2.75, 3.05) is 38.2 Å². The van der Waals surface area contributed by atoms with Crippen molar-refractivity contribution >= 4 is 34.0 Å². The molecule has 1 aromatic heterocycles. The largest absolute Gasteiger partial charge is 0.465 e. The molecule has 0 bridgehead atoms. The highest BCUT2D eigenvalue weighted by Crippen LogP contribution is 2.30. The number of carbonyl (C=O) groups is 1. The third-order valence-electron chi connectivity index (χ3n) is 3.74. The second-order valence-electron chi connectivity index (χ2n) is 4.89. The maximum Gasteiger partial charge on any atom is 0.351 e. The molecule has 1 fully saturated rings. The molecule has 0 aromatic carbocycles. The number of piperazine rings is 1. The van der Waals surface area contributed by atoms with E-state index in [9.17, 15) is 4.79 Å². The molecule has 2 rings (SSSR count). The maximum atomic E-state index is 11.5. The third-order valence-corrected chi connectivity index (χ3v) is 5.23. The zero-order chi connectivity index (χ0) is 14.7. The van der Waals surface area contributed by atoms with Crippen molar-refractivity contribution in [1.29, 1.82) is 0 Å². The van der Waals surface area contributed by atoms with Crippen LogP contribution in [0.3, 0.4) is 0 Å². The fourth-order valence-corrected chi connectivity index (χ4v) is 3.51. The minimum absolute atomic E-state index is 0.237. The second-order valence-corrected chi connectivity index (χ2v) is 6.22. The fourth-order valence-electron chi connectivity index (χ4n) is 2.26. The van der Waals surface area contributed by atoms with Gasteiger partial charge in [-0.25, -0.2) is 9.78 Å². The van der Waals surface area contributed by atoms with Gasteiger partial charge in [0, 0.05) is 32.2 Å². The predicted octanol–water partition coefficient (Wildman–Crippen LogP) is 2.50. The van der Waals surface area contributed by atoms with Crippen LogP contribution in [0.5, 0.6) is 0 Å². The van der Waals surface area contributed by atoms with Crippen molar-refractivity contribution < 1.29 is 9.53 Å². The van der Waals surface area contributed by atoms with Crippen LogP contribution in [0.1, 0.15) is 29.9 Å². The lowest BCUT2D eigenvalue weighted by atomic mass is 10.2. The zero-order valence-electron chi connectivity index (χ0n) is 12.1. The summed E-state index contributed by atoms with van der Waals surface area (Å²) in [7, 11) is 1.35. The van der Waals surface area contributed by atoms with Crippen molar-refractivity contribution in [3.8, 4) is 0 Å². The molecule has 0 spiro atoms. The van der Waals surface area contributed by atoms with E-state index >= 15 is 0 Å². The summed E-state index contributed by atoms with van der Waals surface area (Å²) < 4.78 is 4.70. The molecule has 0 amide bonds. The number of hydrogen-bond donors (Lipinski definition) is 0. The molecule has 0 saturated carbocycles. The molecule has 0 N–H and O–H groups in total. The molecule has 1 atom stereocenters. The maximum absolute atomic E-state index is 11.5. The van der Waals surface area contributed by atoms with Crippen molar-refractivity contribution in [3.63, 3.8) is 0 Å². The van der Waals surface area contributed by atoms with E-state index in [2.05, 4.69) is 28.6 Å². The normalized spacial score (nSPS) is 18.1. The summed E-state index contributed by atoms with van der Waals surface area (Å²) in [6, 6.07) is 0.614. The Balaban J connectivity index is 2.02. The van der Waals surface area contributed by atoms with E-state index in [1.807, 2.05) is 0 Å². The Hall–Kier alpha value is -0.850. The number of ether oxygens (including phenoxy) is 1. The first kappa shape index (κ1) is 15.5. The average Bonchev–Trinajstić information content (AvgIpc) is 2.87. The molecule has 1 aromatic rings. The Morgan fingerprint density at radius 2 is 2.10 bits per heavy atom. The molecule has 0 radical (unpaired) electrons. The molecule has 1 unspecified atom stereocenters. The number of thiazole rings is 1. The molecule has 1 aliphatic heterocycles. The lowest BCUT2D eigenvalue weighted by molar-refractivity contribution is 0.0606. The van der Waals surface area contributed by atoms with E-state index < -0.39 is 5.97 Å². The quantitative estimate of drug-likeness (QED) is 0.798. The number of aromatic nitrogens is 1. The van der Waals surface area contributed by atoms with Gasteiger partial charge in [0.1, 0.15) is 0 Å². The van der Waals surface area contributed by atoms with E-state index in [1.54, 1.807) is 0 Å². The number of carbonyl (C=O) groups excluding carboxylic acids is 1. The Morgan fingerprint density at radius 3 is 2.65 bits per heavy atom. The van der Waals surface area contributed by atoms with Crippen LogP contribution >= 0.6 is 22.9 Å². The molecule has 112 valence electrons. The lowest BCUT2D eigenvalue weighted by Gasteiger charge is -2.37. The van der Waals surface area contributed by atoms with Crippen LogP contribution in [-0.2, 0) is 4.74 Å². The molecule has 5 nitrogen and oxygen atoms in total. The number of methoxy groups -OCH3 is 1. The van der Waals surface area contributed by atoms with Gasteiger partial charge in [0.25, 0.3) is 0 Å². The van der Waals surface area contributed by atoms with Crippen LogP contribution in [0, 0.1) is 0 Å². The van der Waals surface area contributed by atoms with Gasteiger partial charge in [0.2, 0.25) is 0 Å². The van der Waals surface area contributed by atoms with E-state index in [0.717, 1.165) is 37.7 Å². The molecule has 0 aliphatic carbocycles. The second kappa shape index (κ2) is 6.74. The number of esters is 1. The molecule has 2 heterocycles. The monoisotopic (exact) mass is 317 g/mol. The van der Waals surface area contributed by atoms with Crippen LogP contribution in [0.25, 0.3) is 0 Å². The smallest absolute Gasteiger partial charge is 0.351 e. The summed E-state index contributed by atoms with van der Waals surface area (Å²) in [6.07, 6.45) is 1.16. The predicted molar refractivity (Wildman–Crippen MR) is 82.0 cm³/mol. The highest BCUT2D eigenvalue weighted by Gasteiger charge is 2.25. The number of halogens is 1. The minimum atomic E-state index is -0.419. The number of rotatable bonds is 4. The van der Waals surface area contributed by atoms with Gasteiger partial charge in [0.05, 0.1) is 7.11 Å². The summed E-state index contributed by atoms with van der Waals surface area (Å²) in [6.45, 7) is 8.31. The third kappa shape index (κ3) is 3.24. The van der Waals surface area contributed by atoms with E-state index in [1.165, 1.54) is 18.4 Å². The highest BCUT2D eigenvalue weighted by atomic mass is 35.5. The average molecular weight is 318 g/mol. The molecular weight excluding hydrogens is 298 g/mol. The van der Waals surface area contributed by atoms with Gasteiger partial charge in [-0.3, -0.25) is 4.90 Å². The topological polar surface area (TPSA) is 45.7 Å². The van der Waals surface area contributed by atoms with Gasteiger partial charge in [-0.15, -0.1) is 0 Å². The van der Waals surface area contributed by atoms with Crippen LogP contribution in [0.4, 0.5) is 5.13 Å². The van der Waals surface area contributed by atoms with Crippen molar-refractivity contribution in [1.82, 2.24) is 9.88 Å². The SMILES string of the molecule is CCC(C)N1CCN(c2nc(Cl)c(C(=O)OC)s2)CC1. The Morgan fingerprint density at radius 1 is 1.45 bits per heavy atom. The Bertz CT molecular complexity index is 472. The Kier molecular flexibility index (Phi) is 5.23. The van der Waals surface area contributed by atoms with Crippen molar-refractivity contribution in [2.45, 2.75) is 26.3 Å². The van der Waals surface area contributed by atoms with E-state index in [-0.39, 0.29) is 5.15 Å².